The van der Waals surface area contributed by atoms with Crippen molar-refractivity contribution < 1.29 is 4.79 Å². The lowest BCUT2D eigenvalue weighted by Crippen LogP contribution is -2.32. The Bertz CT molecular complexity index is 874. The van der Waals surface area contributed by atoms with Gasteiger partial charge >= 0.3 is 0 Å². The molecule has 2 aromatic rings. The highest BCUT2D eigenvalue weighted by Gasteiger charge is 2.46. The Morgan fingerprint density at radius 3 is 2.61 bits per heavy atom. The Kier molecular flexibility index (Phi) is 3.08. The number of hydrogen-bond donors (Lipinski definition) is 0. The second-order valence-electron chi connectivity index (χ2n) is 6.89. The van der Waals surface area contributed by atoms with Crippen LogP contribution in [0, 0.1) is 18.8 Å². The Morgan fingerprint density at radius 1 is 1.30 bits per heavy atom. The number of carbonyl (C=O) groups excluding carboxylic acids is 1. The van der Waals surface area contributed by atoms with E-state index in [4.69, 9.17) is 4.98 Å². The largest absolute Gasteiger partial charge is 0.342 e. The summed E-state index contributed by atoms with van der Waals surface area (Å²) in [5.74, 6) is 2.20. The Labute approximate surface area is 134 Å². The minimum absolute atomic E-state index is 0.0423. The lowest BCUT2D eigenvalue weighted by molar-refractivity contribution is 0.101. The second-order valence-corrected chi connectivity index (χ2v) is 6.89. The highest BCUT2D eigenvalue weighted by Crippen LogP contribution is 2.45. The van der Waals surface area contributed by atoms with Crippen LogP contribution in [0.5, 0.6) is 0 Å². The van der Waals surface area contributed by atoms with Gasteiger partial charge in [-0.3, -0.25) is 14.2 Å². The summed E-state index contributed by atoms with van der Waals surface area (Å²) in [5, 5.41) is 0.546. The third-order valence-corrected chi connectivity index (χ3v) is 5.14. The van der Waals surface area contributed by atoms with Crippen LogP contribution >= 0.6 is 0 Å². The zero-order chi connectivity index (χ0) is 16.3. The molecule has 0 N–H and O–H groups in total. The molecule has 0 spiro atoms. The minimum Gasteiger partial charge on any atom is -0.342 e. The first kappa shape index (κ1) is 14.4. The van der Waals surface area contributed by atoms with Crippen LogP contribution in [0.1, 0.15) is 36.2 Å². The number of fused-ring (bicyclic) bond motifs is 2. The van der Waals surface area contributed by atoms with Crippen molar-refractivity contribution >= 4 is 22.6 Å². The molecule has 120 valence electrons. The van der Waals surface area contributed by atoms with Gasteiger partial charge in [0.2, 0.25) is 5.95 Å². The summed E-state index contributed by atoms with van der Waals surface area (Å²) in [6, 6.07) is 3.67. The van der Waals surface area contributed by atoms with Crippen molar-refractivity contribution in [3.05, 3.63) is 33.6 Å². The molecule has 2 fully saturated rings. The molecular weight excluding hydrogens is 290 g/mol. The number of nitrogens with zero attached hydrogens (tertiary/aromatic N) is 3. The summed E-state index contributed by atoms with van der Waals surface area (Å²) in [6.07, 6.45) is 1.30. The third kappa shape index (κ3) is 2.18. The number of Topliss-reactive ketones (excluding diaryl/α,β-unsaturated/α-hetero) is 1. The predicted molar refractivity (Wildman–Crippen MR) is 90.2 cm³/mol. The monoisotopic (exact) mass is 311 g/mol. The van der Waals surface area contributed by atoms with Crippen molar-refractivity contribution in [2.75, 3.05) is 18.0 Å². The molecule has 1 aromatic carbocycles. The van der Waals surface area contributed by atoms with Gasteiger partial charge in [-0.2, -0.15) is 0 Å². The first-order chi connectivity index (χ1) is 11.0. The molecule has 5 heteroatoms. The fourth-order valence-electron chi connectivity index (χ4n) is 3.82. The van der Waals surface area contributed by atoms with Crippen LogP contribution in [0.25, 0.3) is 10.9 Å². The van der Waals surface area contributed by atoms with Crippen LogP contribution in [0.3, 0.4) is 0 Å². The Hall–Kier alpha value is -2.17. The lowest BCUT2D eigenvalue weighted by Gasteiger charge is -2.23. The average molecular weight is 311 g/mol. The van der Waals surface area contributed by atoms with E-state index in [1.807, 2.05) is 26.0 Å². The number of aryl methyl sites for hydroxylation is 1. The maximum Gasteiger partial charge on any atom is 0.262 e. The molecule has 1 aromatic heterocycles. The van der Waals surface area contributed by atoms with Gasteiger partial charge in [0.1, 0.15) is 0 Å². The van der Waals surface area contributed by atoms with Crippen molar-refractivity contribution in [3.63, 3.8) is 0 Å². The number of rotatable bonds is 3. The summed E-state index contributed by atoms with van der Waals surface area (Å²) in [6.45, 7) is 7.95. The number of aromatic nitrogens is 2. The average Bonchev–Trinajstić information content (AvgIpc) is 3.13. The van der Waals surface area contributed by atoms with Crippen molar-refractivity contribution in [2.24, 2.45) is 11.8 Å². The number of piperidine rings is 1. The quantitative estimate of drug-likeness (QED) is 0.817. The summed E-state index contributed by atoms with van der Waals surface area (Å²) in [4.78, 5) is 31.9. The van der Waals surface area contributed by atoms with E-state index in [2.05, 4.69) is 4.90 Å². The summed E-state index contributed by atoms with van der Waals surface area (Å²) in [7, 11) is 0. The van der Waals surface area contributed by atoms with E-state index in [0.29, 0.717) is 23.0 Å². The van der Waals surface area contributed by atoms with E-state index in [9.17, 15) is 9.59 Å². The standard InChI is InChI=1S/C18H21N3O2/c1-4-21-17(23)15-6-10(2)5-14(11(3)22)16(15)19-18(21)20-8-12-7-13(12)9-20/h5-6,12-13H,4,7-9H2,1-3H3. The van der Waals surface area contributed by atoms with Crippen LogP contribution < -0.4 is 10.5 Å². The number of ketones is 1. The third-order valence-electron chi connectivity index (χ3n) is 5.14. The summed E-state index contributed by atoms with van der Waals surface area (Å²) >= 11 is 0. The molecule has 2 unspecified atom stereocenters. The molecule has 1 saturated carbocycles. The number of anilines is 1. The van der Waals surface area contributed by atoms with Crippen LogP contribution in [0.2, 0.25) is 0 Å². The van der Waals surface area contributed by atoms with E-state index in [-0.39, 0.29) is 11.3 Å². The van der Waals surface area contributed by atoms with Gasteiger partial charge in [0.15, 0.2) is 5.78 Å². The molecule has 1 saturated heterocycles. The molecule has 4 rings (SSSR count). The van der Waals surface area contributed by atoms with E-state index in [1.54, 1.807) is 4.57 Å². The zero-order valence-corrected chi connectivity index (χ0v) is 13.8. The first-order valence-corrected chi connectivity index (χ1v) is 8.30. The van der Waals surface area contributed by atoms with E-state index >= 15 is 0 Å². The van der Waals surface area contributed by atoms with Gasteiger partial charge in [0, 0.05) is 25.2 Å². The second kappa shape index (κ2) is 4.91. The molecule has 23 heavy (non-hydrogen) atoms. The maximum atomic E-state index is 12.9. The number of benzene rings is 1. The smallest absolute Gasteiger partial charge is 0.262 e. The first-order valence-electron chi connectivity index (χ1n) is 8.30. The highest BCUT2D eigenvalue weighted by molar-refractivity contribution is 6.05. The van der Waals surface area contributed by atoms with E-state index in [1.165, 1.54) is 13.3 Å². The van der Waals surface area contributed by atoms with Crippen molar-refractivity contribution in [3.8, 4) is 0 Å². The van der Waals surface area contributed by atoms with E-state index < -0.39 is 0 Å². The number of hydrogen-bond acceptors (Lipinski definition) is 4. The molecule has 5 nitrogen and oxygen atoms in total. The molecule has 2 aliphatic rings. The molecule has 1 aliphatic heterocycles. The van der Waals surface area contributed by atoms with E-state index in [0.717, 1.165) is 36.4 Å². The van der Waals surface area contributed by atoms with Gasteiger partial charge < -0.3 is 4.90 Å². The van der Waals surface area contributed by atoms with Gasteiger partial charge in [-0.1, -0.05) is 0 Å². The van der Waals surface area contributed by atoms with Gasteiger partial charge in [-0.25, -0.2) is 4.98 Å². The number of carbonyl (C=O) groups is 1. The van der Waals surface area contributed by atoms with Crippen molar-refractivity contribution in [1.82, 2.24) is 9.55 Å². The topological polar surface area (TPSA) is 55.2 Å². The fraction of sp³-hybridized carbons (Fsp3) is 0.500. The summed E-state index contributed by atoms with van der Waals surface area (Å²) < 4.78 is 1.75. The van der Waals surface area contributed by atoms with Crippen LogP contribution in [-0.2, 0) is 6.54 Å². The molecule has 2 heterocycles. The minimum atomic E-state index is -0.0462. The van der Waals surface area contributed by atoms with Crippen molar-refractivity contribution in [2.45, 2.75) is 33.7 Å². The van der Waals surface area contributed by atoms with Crippen LogP contribution in [0.15, 0.2) is 16.9 Å². The van der Waals surface area contributed by atoms with Gasteiger partial charge in [-0.05, 0) is 56.7 Å². The molecular formula is C18H21N3O2. The zero-order valence-electron chi connectivity index (χ0n) is 13.8. The molecule has 0 amide bonds. The fourth-order valence-corrected chi connectivity index (χ4v) is 3.82. The molecule has 1 aliphatic carbocycles. The molecule has 0 bridgehead atoms. The van der Waals surface area contributed by atoms with Gasteiger partial charge in [0.05, 0.1) is 10.9 Å². The lowest BCUT2D eigenvalue weighted by atomic mass is 10.0. The molecule has 0 radical (unpaired) electrons. The van der Waals surface area contributed by atoms with Crippen LogP contribution in [-0.4, -0.2) is 28.4 Å². The SMILES string of the molecule is CCn1c(N2CC3CC3C2)nc2c(C(C)=O)cc(C)cc2c1=O. The van der Waals surface area contributed by atoms with Crippen LogP contribution in [0.4, 0.5) is 5.95 Å². The highest BCUT2D eigenvalue weighted by atomic mass is 16.1. The maximum absolute atomic E-state index is 12.9. The Morgan fingerprint density at radius 2 is 2.00 bits per heavy atom. The van der Waals surface area contributed by atoms with Gasteiger partial charge in [0.25, 0.3) is 5.56 Å². The summed E-state index contributed by atoms with van der Waals surface area (Å²) in [5.41, 5.74) is 1.97. The normalized spacial score (nSPS) is 22.5. The molecule has 2 atom stereocenters. The van der Waals surface area contributed by atoms with Gasteiger partial charge in [-0.15, -0.1) is 0 Å². The van der Waals surface area contributed by atoms with Crippen molar-refractivity contribution in [1.29, 1.82) is 0 Å². The Balaban J connectivity index is 1.99. The predicted octanol–water partition coefficient (Wildman–Crippen LogP) is 2.38.